The predicted molar refractivity (Wildman–Crippen MR) is 77.3 cm³/mol. The van der Waals surface area contributed by atoms with Crippen LogP contribution in [0, 0.1) is 45.3 Å². The zero-order valence-corrected chi connectivity index (χ0v) is 13.3. The van der Waals surface area contributed by atoms with E-state index in [1.165, 1.54) is 12.8 Å². The van der Waals surface area contributed by atoms with Crippen molar-refractivity contribution in [3.05, 3.63) is 0 Å². The van der Waals surface area contributed by atoms with Gasteiger partial charge in [0.1, 0.15) is 0 Å². The summed E-state index contributed by atoms with van der Waals surface area (Å²) in [4.78, 5) is 0. The lowest BCUT2D eigenvalue weighted by Crippen LogP contribution is -2.43. The van der Waals surface area contributed by atoms with E-state index >= 15 is 0 Å². The third-order valence-electron chi connectivity index (χ3n) is 7.29. The van der Waals surface area contributed by atoms with Crippen LogP contribution >= 0.6 is 0 Å². The molecule has 2 aliphatic carbocycles. The Morgan fingerprint density at radius 1 is 1.11 bits per heavy atom. The number of hydrogen-bond acceptors (Lipinski definition) is 2. The second-order valence-corrected chi connectivity index (χ2v) is 8.19. The molecule has 2 aliphatic rings. The van der Waals surface area contributed by atoms with Crippen molar-refractivity contribution in [1.29, 1.82) is 5.26 Å². The first kappa shape index (κ1) is 14.9. The first-order chi connectivity index (χ1) is 8.60. The first-order valence-electron chi connectivity index (χ1n) is 7.70. The maximum absolute atomic E-state index is 10.7. The van der Waals surface area contributed by atoms with Crippen molar-refractivity contribution >= 4 is 0 Å². The van der Waals surface area contributed by atoms with Gasteiger partial charge in [-0.15, -0.1) is 0 Å². The third kappa shape index (κ3) is 1.77. The Morgan fingerprint density at radius 3 is 2.21 bits per heavy atom. The van der Waals surface area contributed by atoms with Gasteiger partial charge in [-0.1, -0.05) is 34.6 Å². The Balaban J connectivity index is 2.55. The molecule has 0 radical (unpaired) electrons. The molecule has 0 aliphatic heterocycles. The van der Waals surface area contributed by atoms with E-state index in [9.17, 15) is 10.4 Å². The van der Waals surface area contributed by atoms with E-state index in [0.29, 0.717) is 11.8 Å². The number of fused-ring (bicyclic) bond motifs is 1. The van der Waals surface area contributed by atoms with Gasteiger partial charge in [-0.3, -0.25) is 0 Å². The van der Waals surface area contributed by atoms with Gasteiger partial charge in [-0.2, -0.15) is 5.26 Å². The highest BCUT2D eigenvalue weighted by Gasteiger charge is 2.60. The number of nitriles is 1. The van der Waals surface area contributed by atoms with E-state index < -0.39 is 11.5 Å². The number of aliphatic hydroxyl groups is 1. The fraction of sp³-hybridized carbons (Fsp3) is 0.941. The predicted octanol–water partition coefficient (Wildman–Crippen LogP) is 4.00. The van der Waals surface area contributed by atoms with Crippen LogP contribution in [-0.4, -0.2) is 11.2 Å². The summed E-state index contributed by atoms with van der Waals surface area (Å²) in [7, 11) is 0. The van der Waals surface area contributed by atoms with E-state index in [0.717, 1.165) is 6.42 Å². The summed E-state index contributed by atoms with van der Waals surface area (Å²) in [6.07, 6.45) is 2.76. The summed E-state index contributed by atoms with van der Waals surface area (Å²) in [6.45, 7) is 13.4. The van der Waals surface area contributed by atoms with Crippen LogP contribution in [0.5, 0.6) is 0 Å². The Bertz CT molecular complexity index is 410. The van der Waals surface area contributed by atoms with Crippen molar-refractivity contribution in [3.63, 3.8) is 0 Å². The number of aliphatic hydroxyl groups excluding tert-OH is 1. The monoisotopic (exact) mass is 263 g/mol. The minimum atomic E-state index is -0.628. The molecule has 6 unspecified atom stereocenters. The Kier molecular flexibility index (Phi) is 3.30. The van der Waals surface area contributed by atoms with Gasteiger partial charge in [-0.05, 0) is 54.8 Å². The molecule has 0 spiro atoms. The summed E-state index contributed by atoms with van der Waals surface area (Å²) >= 11 is 0. The first-order valence-corrected chi connectivity index (χ1v) is 7.70. The van der Waals surface area contributed by atoms with Crippen LogP contribution in [0.1, 0.15) is 60.8 Å². The van der Waals surface area contributed by atoms with Gasteiger partial charge >= 0.3 is 0 Å². The second kappa shape index (κ2) is 4.22. The standard InChI is InChI=1S/C17H29NO/c1-11-7-8-13-15(3,4)12(2)17(6,10-18)14(19)9-16(11,13)5/h11-14,19H,7-9H2,1-6H3. The molecular weight excluding hydrogens is 234 g/mol. The largest absolute Gasteiger partial charge is 0.391 e. The van der Waals surface area contributed by atoms with E-state index in [2.05, 4.69) is 40.7 Å². The zero-order chi connectivity index (χ0) is 14.6. The maximum atomic E-state index is 10.7. The number of rotatable bonds is 0. The molecule has 0 aromatic heterocycles. The highest BCUT2D eigenvalue weighted by molar-refractivity contribution is 5.15. The zero-order valence-electron chi connectivity index (χ0n) is 13.3. The van der Waals surface area contributed by atoms with Crippen molar-refractivity contribution in [3.8, 4) is 6.07 Å². The van der Waals surface area contributed by atoms with Gasteiger partial charge in [0, 0.05) is 0 Å². The van der Waals surface area contributed by atoms with Crippen LogP contribution in [0.25, 0.3) is 0 Å². The van der Waals surface area contributed by atoms with Gasteiger partial charge < -0.3 is 5.11 Å². The van der Waals surface area contributed by atoms with Crippen LogP contribution in [0.2, 0.25) is 0 Å². The van der Waals surface area contributed by atoms with Crippen LogP contribution < -0.4 is 0 Å². The molecule has 6 atom stereocenters. The minimum absolute atomic E-state index is 0.0987. The summed E-state index contributed by atoms with van der Waals surface area (Å²) < 4.78 is 0. The Labute approximate surface area is 118 Å². The van der Waals surface area contributed by atoms with Crippen molar-refractivity contribution in [2.45, 2.75) is 66.9 Å². The highest BCUT2D eigenvalue weighted by atomic mass is 16.3. The topological polar surface area (TPSA) is 44.0 Å². The molecule has 108 valence electrons. The van der Waals surface area contributed by atoms with Gasteiger partial charge in [0.05, 0.1) is 17.6 Å². The average Bonchev–Trinajstić information content (AvgIpc) is 2.61. The second-order valence-electron chi connectivity index (χ2n) is 8.19. The van der Waals surface area contributed by atoms with Gasteiger partial charge in [-0.25, -0.2) is 0 Å². The molecule has 2 heteroatoms. The van der Waals surface area contributed by atoms with Gasteiger partial charge in [0.2, 0.25) is 0 Å². The lowest BCUT2D eigenvalue weighted by molar-refractivity contribution is -0.000831. The van der Waals surface area contributed by atoms with Crippen LogP contribution in [-0.2, 0) is 0 Å². The van der Waals surface area contributed by atoms with Crippen molar-refractivity contribution in [2.75, 3.05) is 0 Å². The lowest BCUT2D eigenvalue weighted by atomic mass is 9.58. The third-order valence-corrected chi connectivity index (χ3v) is 7.29. The molecular formula is C17H29NO. The molecule has 0 saturated heterocycles. The van der Waals surface area contributed by atoms with Gasteiger partial charge in [0.15, 0.2) is 0 Å². The maximum Gasteiger partial charge on any atom is 0.0835 e. The van der Waals surface area contributed by atoms with Crippen molar-refractivity contribution < 1.29 is 5.11 Å². The quantitative estimate of drug-likeness (QED) is 0.718. The lowest BCUT2D eigenvalue weighted by Gasteiger charge is -2.46. The smallest absolute Gasteiger partial charge is 0.0835 e. The van der Waals surface area contributed by atoms with Crippen molar-refractivity contribution in [2.24, 2.45) is 34.0 Å². The molecule has 0 aromatic carbocycles. The summed E-state index contributed by atoms with van der Waals surface area (Å²) in [5.74, 6) is 1.45. The molecule has 0 heterocycles. The molecule has 2 saturated carbocycles. The fourth-order valence-corrected chi connectivity index (χ4v) is 5.15. The van der Waals surface area contributed by atoms with Crippen molar-refractivity contribution in [1.82, 2.24) is 0 Å². The molecule has 19 heavy (non-hydrogen) atoms. The van der Waals surface area contributed by atoms with E-state index in [1.807, 2.05) is 6.92 Å². The van der Waals surface area contributed by atoms with Crippen LogP contribution in [0.4, 0.5) is 0 Å². The molecule has 1 N–H and O–H groups in total. The van der Waals surface area contributed by atoms with Crippen LogP contribution in [0.3, 0.4) is 0 Å². The molecule has 2 nitrogen and oxygen atoms in total. The average molecular weight is 263 g/mol. The normalized spacial score (nSPS) is 53.2. The highest BCUT2D eigenvalue weighted by Crippen LogP contribution is 2.64. The minimum Gasteiger partial charge on any atom is -0.391 e. The molecule has 0 amide bonds. The Hall–Kier alpha value is -0.550. The van der Waals surface area contributed by atoms with E-state index in [-0.39, 0.29) is 16.7 Å². The van der Waals surface area contributed by atoms with Crippen LogP contribution in [0.15, 0.2) is 0 Å². The fourth-order valence-electron chi connectivity index (χ4n) is 5.15. The molecule has 2 fully saturated rings. The molecule has 0 aromatic rings. The Morgan fingerprint density at radius 2 is 1.68 bits per heavy atom. The molecule has 2 rings (SSSR count). The molecule has 0 bridgehead atoms. The van der Waals surface area contributed by atoms with Gasteiger partial charge in [0.25, 0.3) is 0 Å². The summed E-state index contributed by atoms with van der Waals surface area (Å²) in [6, 6.07) is 2.45. The summed E-state index contributed by atoms with van der Waals surface area (Å²) in [5, 5.41) is 20.4. The van der Waals surface area contributed by atoms with E-state index in [4.69, 9.17) is 0 Å². The number of hydrogen-bond donors (Lipinski definition) is 1. The van der Waals surface area contributed by atoms with E-state index in [1.54, 1.807) is 0 Å². The SMILES string of the molecule is CC1C(C)(C)C2CCC(C)C2(C)CC(O)C1(C)C#N. The number of nitrogens with zero attached hydrogens (tertiary/aromatic N) is 1. The summed E-state index contributed by atoms with van der Waals surface area (Å²) in [5.41, 5.74) is -0.357.